The van der Waals surface area contributed by atoms with Crippen LogP contribution < -0.4 is 4.90 Å². The monoisotopic (exact) mass is 905 g/mol. The van der Waals surface area contributed by atoms with Gasteiger partial charge in [-0.25, -0.2) is 0 Å². The highest BCUT2D eigenvalue weighted by Crippen LogP contribution is 2.58. The van der Waals surface area contributed by atoms with Gasteiger partial charge in [-0.1, -0.05) is 257 Å². The highest BCUT2D eigenvalue weighted by molar-refractivity contribution is 6.02. The van der Waals surface area contributed by atoms with Crippen LogP contribution in [0.5, 0.6) is 0 Å². The number of hydrogen-bond acceptors (Lipinski definition) is 1. The summed E-state index contributed by atoms with van der Waals surface area (Å²) in [6, 6.07) is 101. The van der Waals surface area contributed by atoms with E-state index < -0.39 is 5.41 Å². The van der Waals surface area contributed by atoms with Gasteiger partial charge in [0.1, 0.15) is 0 Å². The molecule has 2 aliphatic carbocycles. The van der Waals surface area contributed by atoms with Crippen LogP contribution in [0.3, 0.4) is 0 Å². The Morgan fingerprint density at radius 3 is 1.37 bits per heavy atom. The Morgan fingerprint density at radius 1 is 0.282 bits per heavy atom. The number of anilines is 3. The molecule has 11 aromatic carbocycles. The van der Waals surface area contributed by atoms with Crippen molar-refractivity contribution in [3.05, 3.63) is 306 Å². The molecule has 336 valence electrons. The van der Waals surface area contributed by atoms with E-state index in [4.69, 9.17) is 0 Å². The molecule has 13 rings (SSSR count). The lowest BCUT2D eigenvalue weighted by molar-refractivity contribution is 0.662. The Balaban J connectivity index is 1.08. The predicted molar refractivity (Wildman–Crippen MR) is 298 cm³/mol. The highest BCUT2D eigenvalue weighted by atomic mass is 15.1. The van der Waals surface area contributed by atoms with E-state index in [2.05, 4.69) is 292 Å². The van der Waals surface area contributed by atoms with Crippen molar-refractivity contribution in [3.63, 3.8) is 0 Å². The maximum absolute atomic E-state index is 2.52. The van der Waals surface area contributed by atoms with E-state index in [-0.39, 0.29) is 5.41 Å². The van der Waals surface area contributed by atoms with Crippen molar-refractivity contribution in [1.29, 1.82) is 0 Å². The maximum Gasteiger partial charge on any atom is 0.0714 e. The highest BCUT2D eigenvalue weighted by Gasteiger charge is 2.46. The van der Waals surface area contributed by atoms with Crippen molar-refractivity contribution >= 4 is 17.1 Å². The summed E-state index contributed by atoms with van der Waals surface area (Å²) < 4.78 is 0. The standard InChI is InChI=1S/C70H51N/c1-69(2)63-38-19-17-33-59(63)62-37-21-36-57(68(62)69)50-41-43-53(44-42-50)71(66-40-22-35-56(49-25-9-4-10-26-49)67(66)61-34-16-15-31-55(61)48-23-7-3-8-24-48)54-45-46-60-58-32-18-20-39-64(58)70(65(60)47-54,51-27-11-5-12-28-51)52-29-13-6-14-30-52/h3-47H,1-2H3. The molecule has 0 radical (unpaired) electrons. The van der Waals surface area contributed by atoms with E-state index in [1.807, 2.05) is 0 Å². The maximum atomic E-state index is 2.52. The van der Waals surface area contributed by atoms with Crippen LogP contribution in [0.1, 0.15) is 47.2 Å². The first-order valence-electron chi connectivity index (χ1n) is 24.8. The summed E-state index contributed by atoms with van der Waals surface area (Å²) in [7, 11) is 0. The van der Waals surface area contributed by atoms with Gasteiger partial charge in [-0.3, -0.25) is 0 Å². The second kappa shape index (κ2) is 17.0. The Bertz CT molecular complexity index is 3720. The van der Waals surface area contributed by atoms with Crippen molar-refractivity contribution in [3.8, 4) is 66.8 Å². The molecular formula is C70H51N. The summed E-state index contributed by atoms with van der Waals surface area (Å²) in [5, 5.41) is 0. The summed E-state index contributed by atoms with van der Waals surface area (Å²) in [5.41, 5.74) is 25.1. The molecule has 11 aromatic rings. The fraction of sp³-hybridized carbons (Fsp3) is 0.0571. The fourth-order valence-electron chi connectivity index (χ4n) is 12.3. The molecule has 0 heterocycles. The first-order valence-corrected chi connectivity index (χ1v) is 24.8. The van der Waals surface area contributed by atoms with Gasteiger partial charge in [-0.2, -0.15) is 0 Å². The van der Waals surface area contributed by atoms with Gasteiger partial charge in [0.2, 0.25) is 0 Å². The first-order chi connectivity index (χ1) is 35.0. The molecule has 0 atom stereocenters. The van der Waals surface area contributed by atoms with E-state index in [9.17, 15) is 0 Å². The largest absolute Gasteiger partial charge is 0.310 e. The lowest BCUT2D eigenvalue weighted by Gasteiger charge is -2.35. The Hall–Kier alpha value is -8.78. The number of rotatable bonds is 9. The predicted octanol–water partition coefficient (Wildman–Crippen LogP) is 18.5. The Morgan fingerprint density at radius 2 is 0.718 bits per heavy atom. The zero-order valence-corrected chi connectivity index (χ0v) is 39.9. The van der Waals surface area contributed by atoms with Gasteiger partial charge in [0.05, 0.1) is 11.1 Å². The first kappa shape index (κ1) is 42.3. The molecule has 0 bridgehead atoms. The fourth-order valence-corrected chi connectivity index (χ4v) is 12.3. The minimum Gasteiger partial charge on any atom is -0.310 e. The molecule has 0 amide bonds. The third kappa shape index (κ3) is 6.68. The number of nitrogens with zero attached hydrogens (tertiary/aromatic N) is 1. The molecule has 0 saturated carbocycles. The second-order valence-corrected chi connectivity index (χ2v) is 19.5. The van der Waals surface area contributed by atoms with Gasteiger partial charge in [-0.05, 0) is 125 Å². The average Bonchev–Trinajstić information content (AvgIpc) is 3.88. The van der Waals surface area contributed by atoms with Crippen LogP contribution in [0.15, 0.2) is 273 Å². The SMILES string of the molecule is CC1(C)c2ccccc2-c2cccc(-c3ccc(N(c4ccc5c(c4)C(c4ccccc4)(c4ccccc4)c4ccccc4-5)c4cccc(-c5ccccc5)c4-c4ccccc4-c4ccccc4)cc3)c21. The van der Waals surface area contributed by atoms with E-state index >= 15 is 0 Å². The third-order valence-corrected chi connectivity index (χ3v) is 15.4. The summed E-state index contributed by atoms with van der Waals surface area (Å²) in [4.78, 5) is 2.52. The topological polar surface area (TPSA) is 3.24 Å². The van der Waals surface area contributed by atoms with Crippen LogP contribution in [0.25, 0.3) is 66.8 Å². The minimum atomic E-state index is -0.563. The normalized spacial score (nSPS) is 13.4. The van der Waals surface area contributed by atoms with Crippen molar-refractivity contribution in [1.82, 2.24) is 0 Å². The van der Waals surface area contributed by atoms with Gasteiger partial charge in [0, 0.05) is 22.4 Å². The number of fused-ring (bicyclic) bond motifs is 6. The van der Waals surface area contributed by atoms with E-state index in [1.165, 1.54) is 100 Å². The molecule has 1 nitrogen and oxygen atoms in total. The Labute approximate surface area is 417 Å². The van der Waals surface area contributed by atoms with Crippen LogP contribution in [0.2, 0.25) is 0 Å². The molecule has 1 heteroatoms. The summed E-state index contributed by atoms with van der Waals surface area (Å²) in [6.07, 6.45) is 0. The van der Waals surface area contributed by atoms with Gasteiger partial charge >= 0.3 is 0 Å². The quantitative estimate of drug-likeness (QED) is 0.139. The van der Waals surface area contributed by atoms with E-state index in [0.717, 1.165) is 17.1 Å². The Kier molecular flexibility index (Phi) is 10.1. The lowest BCUT2D eigenvalue weighted by atomic mass is 9.67. The zero-order valence-electron chi connectivity index (χ0n) is 39.9. The summed E-state index contributed by atoms with van der Waals surface area (Å²) in [6.45, 7) is 4.76. The van der Waals surface area contributed by atoms with Gasteiger partial charge in [0.25, 0.3) is 0 Å². The molecule has 71 heavy (non-hydrogen) atoms. The number of benzene rings is 11. The van der Waals surface area contributed by atoms with Gasteiger partial charge < -0.3 is 4.90 Å². The minimum absolute atomic E-state index is 0.141. The molecule has 2 aliphatic rings. The van der Waals surface area contributed by atoms with E-state index in [1.54, 1.807) is 0 Å². The van der Waals surface area contributed by atoms with Crippen molar-refractivity contribution in [2.45, 2.75) is 24.7 Å². The zero-order chi connectivity index (χ0) is 47.5. The summed E-state index contributed by atoms with van der Waals surface area (Å²) in [5.74, 6) is 0. The molecular weight excluding hydrogens is 855 g/mol. The number of hydrogen-bond donors (Lipinski definition) is 0. The summed E-state index contributed by atoms with van der Waals surface area (Å²) >= 11 is 0. The molecule has 0 unspecified atom stereocenters. The van der Waals surface area contributed by atoms with E-state index in [0.29, 0.717) is 0 Å². The second-order valence-electron chi connectivity index (χ2n) is 19.5. The van der Waals surface area contributed by atoms with Crippen LogP contribution in [0, 0.1) is 0 Å². The van der Waals surface area contributed by atoms with Gasteiger partial charge in [-0.15, -0.1) is 0 Å². The average molecular weight is 906 g/mol. The lowest BCUT2D eigenvalue weighted by Crippen LogP contribution is -2.28. The molecule has 0 fully saturated rings. The van der Waals surface area contributed by atoms with Crippen LogP contribution >= 0.6 is 0 Å². The smallest absolute Gasteiger partial charge is 0.0714 e. The molecule has 0 aliphatic heterocycles. The molecule has 0 spiro atoms. The van der Waals surface area contributed by atoms with Crippen LogP contribution in [-0.4, -0.2) is 0 Å². The molecule has 0 saturated heterocycles. The van der Waals surface area contributed by atoms with Crippen molar-refractivity contribution in [2.75, 3.05) is 4.90 Å². The van der Waals surface area contributed by atoms with Gasteiger partial charge in [0.15, 0.2) is 0 Å². The van der Waals surface area contributed by atoms with Crippen molar-refractivity contribution < 1.29 is 0 Å². The van der Waals surface area contributed by atoms with Crippen LogP contribution in [0.4, 0.5) is 17.1 Å². The third-order valence-electron chi connectivity index (χ3n) is 15.4. The van der Waals surface area contributed by atoms with Crippen molar-refractivity contribution in [2.24, 2.45) is 0 Å². The molecule has 0 N–H and O–H groups in total. The van der Waals surface area contributed by atoms with Crippen LogP contribution in [-0.2, 0) is 10.8 Å². The molecule has 0 aromatic heterocycles.